The molecule has 0 aromatic carbocycles. The molecule has 15 heavy (non-hydrogen) atoms. The fourth-order valence-corrected chi connectivity index (χ4v) is 2.19. The molecular formula is C11H19N3O. The molecule has 1 aromatic rings. The van der Waals surface area contributed by atoms with E-state index in [-0.39, 0.29) is 12.6 Å². The maximum absolute atomic E-state index is 8.95. The Balaban J connectivity index is 2.05. The van der Waals surface area contributed by atoms with Crippen molar-refractivity contribution in [3.05, 3.63) is 18.0 Å². The number of hydrogen-bond donors (Lipinski definition) is 2. The van der Waals surface area contributed by atoms with Crippen LogP contribution in [-0.4, -0.2) is 21.5 Å². The zero-order valence-corrected chi connectivity index (χ0v) is 8.97. The Kier molecular flexibility index (Phi) is 3.38. The van der Waals surface area contributed by atoms with Crippen molar-refractivity contribution in [1.82, 2.24) is 9.78 Å². The van der Waals surface area contributed by atoms with Crippen LogP contribution >= 0.6 is 0 Å². The highest BCUT2D eigenvalue weighted by molar-refractivity contribution is 5.10. The second-order valence-corrected chi connectivity index (χ2v) is 4.33. The number of aliphatic hydroxyl groups is 1. The Bertz CT molecular complexity index is 305. The van der Waals surface area contributed by atoms with E-state index >= 15 is 0 Å². The van der Waals surface area contributed by atoms with E-state index in [0.29, 0.717) is 6.04 Å². The molecule has 0 aliphatic heterocycles. The normalized spacial score (nSPS) is 20.4. The molecule has 84 valence electrons. The van der Waals surface area contributed by atoms with Gasteiger partial charge in [0.1, 0.15) is 0 Å². The van der Waals surface area contributed by atoms with Gasteiger partial charge in [-0.2, -0.15) is 5.10 Å². The molecule has 0 spiro atoms. The van der Waals surface area contributed by atoms with Crippen molar-refractivity contribution < 1.29 is 5.11 Å². The van der Waals surface area contributed by atoms with Gasteiger partial charge in [0.15, 0.2) is 0 Å². The van der Waals surface area contributed by atoms with Gasteiger partial charge in [0, 0.05) is 11.8 Å². The number of hydrogen-bond acceptors (Lipinski definition) is 3. The standard InChI is InChI=1S/C11H19N3O/c12-11(8-15)9-6-13-14(7-9)10-4-2-1-3-5-10/h6-7,10-11,15H,1-5,8,12H2. The van der Waals surface area contributed by atoms with Gasteiger partial charge in [-0.1, -0.05) is 19.3 Å². The molecule has 4 heteroatoms. The van der Waals surface area contributed by atoms with E-state index < -0.39 is 0 Å². The van der Waals surface area contributed by atoms with Crippen LogP contribution in [0, 0.1) is 0 Å². The molecule has 0 radical (unpaired) electrons. The second kappa shape index (κ2) is 4.77. The molecule has 0 amide bonds. The van der Waals surface area contributed by atoms with E-state index in [2.05, 4.69) is 5.10 Å². The van der Waals surface area contributed by atoms with Gasteiger partial charge in [0.2, 0.25) is 0 Å². The van der Waals surface area contributed by atoms with E-state index in [9.17, 15) is 0 Å². The van der Waals surface area contributed by atoms with Crippen molar-refractivity contribution in [2.45, 2.75) is 44.2 Å². The molecule has 1 fully saturated rings. The van der Waals surface area contributed by atoms with Crippen LogP contribution in [-0.2, 0) is 0 Å². The molecule has 1 aliphatic rings. The predicted molar refractivity (Wildman–Crippen MR) is 58.4 cm³/mol. The predicted octanol–water partition coefficient (Wildman–Crippen LogP) is 1.38. The van der Waals surface area contributed by atoms with Gasteiger partial charge >= 0.3 is 0 Å². The molecule has 2 rings (SSSR count). The van der Waals surface area contributed by atoms with Gasteiger partial charge in [0.05, 0.1) is 24.9 Å². The summed E-state index contributed by atoms with van der Waals surface area (Å²) in [5.74, 6) is 0. The van der Waals surface area contributed by atoms with Gasteiger partial charge in [0.25, 0.3) is 0 Å². The molecule has 3 N–H and O–H groups in total. The van der Waals surface area contributed by atoms with Gasteiger partial charge in [-0.3, -0.25) is 4.68 Å². The first-order valence-electron chi connectivity index (χ1n) is 5.71. The van der Waals surface area contributed by atoms with Crippen molar-refractivity contribution >= 4 is 0 Å². The van der Waals surface area contributed by atoms with Crippen molar-refractivity contribution in [2.75, 3.05) is 6.61 Å². The van der Waals surface area contributed by atoms with Crippen molar-refractivity contribution in [3.63, 3.8) is 0 Å². The van der Waals surface area contributed by atoms with Crippen molar-refractivity contribution in [2.24, 2.45) is 5.73 Å². The van der Waals surface area contributed by atoms with E-state index in [0.717, 1.165) is 5.56 Å². The first-order valence-corrected chi connectivity index (χ1v) is 5.71. The lowest BCUT2D eigenvalue weighted by atomic mass is 9.96. The zero-order chi connectivity index (χ0) is 10.7. The van der Waals surface area contributed by atoms with Gasteiger partial charge in [-0.25, -0.2) is 0 Å². The summed E-state index contributed by atoms with van der Waals surface area (Å²) in [5.41, 5.74) is 6.67. The monoisotopic (exact) mass is 209 g/mol. The van der Waals surface area contributed by atoms with Crippen molar-refractivity contribution in [3.8, 4) is 0 Å². The van der Waals surface area contributed by atoms with Crippen LogP contribution in [0.4, 0.5) is 0 Å². The average Bonchev–Trinajstić information content (AvgIpc) is 2.78. The third kappa shape index (κ3) is 2.38. The first-order chi connectivity index (χ1) is 7.31. The van der Waals surface area contributed by atoms with Crippen LogP contribution in [0.15, 0.2) is 12.4 Å². The van der Waals surface area contributed by atoms with Gasteiger partial charge < -0.3 is 10.8 Å². The highest BCUT2D eigenvalue weighted by Crippen LogP contribution is 2.27. The van der Waals surface area contributed by atoms with E-state index in [1.807, 2.05) is 10.9 Å². The van der Waals surface area contributed by atoms with Crippen LogP contribution in [0.2, 0.25) is 0 Å². The van der Waals surface area contributed by atoms with Gasteiger partial charge in [-0.15, -0.1) is 0 Å². The lowest BCUT2D eigenvalue weighted by Gasteiger charge is -2.21. The maximum Gasteiger partial charge on any atom is 0.0625 e. The summed E-state index contributed by atoms with van der Waals surface area (Å²) in [4.78, 5) is 0. The maximum atomic E-state index is 8.95. The lowest BCUT2D eigenvalue weighted by molar-refractivity contribution is 0.267. The molecule has 0 bridgehead atoms. The van der Waals surface area contributed by atoms with Crippen LogP contribution in [0.25, 0.3) is 0 Å². The fraction of sp³-hybridized carbons (Fsp3) is 0.727. The minimum atomic E-state index is -0.289. The van der Waals surface area contributed by atoms with Crippen LogP contribution in [0.5, 0.6) is 0 Å². The second-order valence-electron chi connectivity index (χ2n) is 4.33. The molecule has 1 aliphatic carbocycles. The quantitative estimate of drug-likeness (QED) is 0.790. The summed E-state index contributed by atoms with van der Waals surface area (Å²) in [6, 6.07) is 0.251. The van der Waals surface area contributed by atoms with E-state index in [1.54, 1.807) is 6.20 Å². The highest BCUT2D eigenvalue weighted by Gasteiger charge is 2.17. The smallest absolute Gasteiger partial charge is 0.0625 e. The number of nitrogens with two attached hydrogens (primary N) is 1. The average molecular weight is 209 g/mol. The van der Waals surface area contributed by atoms with Crippen molar-refractivity contribution in [1.29, 1.82) is 0 Å². The molecular weight excluding hydrogens is 190 g/mol. The summed E-state index contributed by atoms with van der Waals surface area (Å²) in [6.45, 7) is -0.0175. The third-order valence-electron chi connectivity index (χ3n) is 3.20. The molecule has 1 atom stereocenters. The Morgan fingerprint density at radius 2 is 2.20 bits per heavy atom. The fourth-order valence-electron chi connectivity index (χ4n) is 2.19. The third-order valence-corrected chi connectivity index (χ3v) is 3.20. The number of nitrogens with zero attached hydrogens (tertiary/aromatic N) is 2. The van der Waals surface area contributed by atoms with Crippen LogP contribution in [0.1, 0.15) is 49.8 Å². The Morgan fingerprint density at radius 1 is 1.47 bits per heavy atom. The minimum Gasteiger partial charge on any atom is -0.394 e. The molecule has 0 saturated heterocycles. The Hall–Kier alpha value is -0.870. The zero-order valence-electron chi connectivity index (χ0n) is 8.97. The molecule has 1 heterocycles. The topological polar surface area (TPSA) is 64.1 Å². The lowest BCUT2D eigenvalue weighted by Crippen LogP contribution is -2.15. The van der Waals surface area contributed by atoms with Gasteiger partial charge in [-0.05, 0) is 12.8 Å². The number of rotatable bonds is 3. The van der Waals surface area contributed by atoms with E-state index in [4.69, 9.17) is 10.8 Å². The summed E-state index contributed by atoms with van der Waals surface area (Å²) < 4.78 is 2.02. The summed E-state index contributed by atoms with van der Waals surface area (Å²) in [5, 5.41) is 13.3. The number of aromatic nitrogens is 2. The first kappa shape index (κ1) is 10.6. The largest absolute Gasteiger partial charge is 0.394 e. The molecule has 1 aromatic heterocycles. The Morgan fingerprint density at radius 3 is 2.87 bits per heavy atom. The number of aliphatic hydroxyl groups excluding tert-OH is 1. The van der Waals surface area contributed by atoms with E-state index in [1.165, 1.54) is 32.1 Å². The molecule has 1 saturated carbocycles. The van der Waals surface area contributed by atoms with Crippen LogP contribution in [0.3, 0.4) is 0 Å². The summed E-state index contributed by atoms with van der Waals surface area (Å²) >= 11 is 0. The molecule has 4 nitrogen and oxygen atoms in total. The Labute approximate surface area is 90.1 Å². The summed E-state index contributed by atoms with van der Waals surface area (Å²) in [7, 11) is 0. The SMILES string of the molecule is NC(CO)c1cnn(C2CCCCC2)c1. The minimum absolute atomic E-state index is 0.0175. The van der Waals surface area contributed by atoms with Crippen LogP contribution < -0.4 is 5.73 Å². The highest BCUT2D eigenvalue weighted by atomic mass is 16.3. The summed E-state index contributed by atoms with van der Waals surface area (Å²) in [6.07, 6.45) is 10.1. The molecule has 1 unspecified atom stereocenters.